The lowest BCUT2D eigenvalue weighted by Gasteiger charge is -2.22. The van der Waals surface area contributed by atoms with Crippen LogP contribution in [0.3, 0.4) is 0 Å². The molecule has 20 heavy (non-hydrogen) atoms. The maximum atomic E-state index is 13.7. The lowest BCUT2D eigenvalue weighted by Crippen LogP contribution is -2.23. The van der Waals surface area contributed by atoms with Crippen molar-refractivity contribution >= 4 is 11.8 Å². The third kappa shape index (κ3) is 3.58. The molecule has 4 heteroatoms. The summed E-state index contributed by atoms with van der Waals surface area (Å²) in [6.45, 7) is 2.02. The van der Waals surface area contributed by atoms with Crippen molar-refractivity contribution < 1.29 is 8.78 Å². The molecule has 0 aliphatic heterocycles. The summed E-state index contributed by atoms with van der Waals surface area (Å²) < 4.78 is 26.6. The van der Waals surface area contributed by atoms with Crippen molar-refractivity contribution in [3.8, 4) is 0 Å². The molecule has 2 aromatic rings. The van der Waals surface area contributed by atoms with E-state index >= 15 is 0 Å². The molecule has 2 unspecified atom stereocenters. The topological polar surface area (TPSA) is 26.0 Å². The normalized spacial score (nSPS) is 14.0. The molecular weight excluding hydrogens is 276 g/mol. The van der Waals surface area contributed by atoms with E-state index in [1.54, 1.807) is 0 Å². The van der Waals surface area contributed by atoms with Crippen LogP contribution in [0.5, 0.6) is 0 Å². The van der Waals surface area contributed by atoms with E-state index in [1.165, 1.54) is 23.9 Å². The van der Waals surface area contributed by atoms with E-state index in [0.717, 1.165) is 18.1 Å². The van der Waals surface area contributed by atoms with E-state index in [2.05, 4.69) is 0 Å². The third-order valence-corrected chi connectivity index (χ3v) is 4.67. The van der Waals surface area contributed by atoms with Crippen LogP contribution in [0.2, 0.25) is 0 Å². The molecule has 2 atom stereocenters. The zero-order valence-electron chi connectivity index (χ0n) is 11.2. The van der Waals surface area contributed by atoms with Crippen LogP contribution in [0, 0.1) is 11.6 Å². The average Bonchev–Trinajstić information content (AvgIpc) is 2.47. The minimum Gasteiger partial charge on any atom is -0.323 e. The Morgan fingerprint density at radius 1 is 1.10 bits per heavy atom. The number of rotatable bonds is 5. The van der Waals surface area contributed by atoms with Crippen LogP contribution in [0.15, 0.2) is 53.4 Å². The molecule has 0 aliphatic rings. The van der Waals surface area contributed by atoms with E-state index in [4.69, 9.17) is 5.73 Å². The molecule has 0 spiro atoms. The summed E-state index contributed by atoms with van der Waals surface area (Å²) in [6.07, 6.45) is 0.803. The summed E-state index contributed by atoms with van der Waals surface area (Å²) >= 11 is 1.36. The molecule has 0 radical (unpaired) electrons. The predicted molar refractivity (Wildman–Crippen MR) is 79.7 cm³/mol. The van der Waals surface area contributed by atoms with Crippen molar-refractivity contribution in [1.29, 1.82) is 0 Å². The van der Waals surface area contributed by atoms with Crippen molar-refractivity contribution in [1.82, 2.24) is 0 Å². The molecule has 2 aromatic carbocycles. The molecule has 0 bridgehead atoms. The van der Waals surface area contributed by atoms with Crippen LogP contribution in [0.25, 0.3) is 0 Å². The summed E-state index contributed by atoms with van der Waals surface area (Å²) in [4.78, 5) is 0.435. The fourth-order valence-corrected chi connectivity index (χ4v) is 3.15. The summed E-state index contributed by atoms with van der Waals surface area (Å²) in [5.41, 5.74) is 7.28. The molecule has 1 nitrogen and oxygen atoms in total. The summed E-state index contributed by atoms with van der Waals surface area (Å²) in [6, 6.07) is 13.2. The molecule has 2 rings (SSSR count). The van der Waals surface area contributed by atoms with Gasteiger partial charge < -0.3 is 5.73 Å². The fourth-order valence-electron chi connectivity index (χ4n) is 2.03. The highest BCUT2D eigenvalue weighted by atomic mass is 32.2. The van der Waals surface area contributed by atoms with Gasteiger partial charge in [0.05, 0.1) is 0 Å². The molecule has 106 valence electrons. The first-order valence-corrected chi connectivity index (χ1v) is 7.42. The van der Waals surface area contributed by atoms with Crippen LogP contribution < -0.4 is 5.73 Å². The van der Waals surface area contributed by atoms with Gasteiger partial charge in [-0.3, -0.25) is 0 Å². The third-order valence-electron chi connectivity index (χ3n) is 3.16. The number of halogens is 2. The molecule has 0 saturated heterocycles. The highest BCUT2D eigenvalue weighted by Gasteiger charge is 2.20. The SMILES string of the molecule is CCC(Sc1ccc(F)cc1F)C(N)c1ccccc1. The molecule has 0 fully saturated rings. The Bertz CT molecular complexity index is 560. The second-order valence-electron chi connectivity index (χ2n) is 4.58. The van der Waals surface area contributed by atoms with Gasteiger partial charge in [-0.1, -0.05) is 37.3 Å². The van der Waals surface area contributed by atoms with Crippen molar-refractivity contribution in [2.45, 2.75) is 29.5 Å². The van der Waals surface area contributed by atoms with E-state index in [0.29, 0.717) is 4.90 Å². The van der Waals surface area contributed by atoms with Gasteiger partial charge in [-0.2, -0.15) is 0 Å². The number of benzene rings is 2. The van der Waals surface area contributed by atoms with Crippen molar-refractivity contribution in [3.05, 3.63) is 65.7 Å². The molecule has 2 N–H and O–H groups in total. The Kier molecular flexibility index (Phi) is 5.15. The standard InChI is InChI=1S/C16H17F2NS/c1-2-14(16(19)11-6-4-3-5-7-11)20-15-9-8-12(17)10-13(15)18/h3-10,14,16H,2,19H2,1H3. The van der Waals surface area contributed by atoms with E-state index < -0.39 is 11.6 Å². The fraction of sp³-hybridized carbons (Fsp3) is 0.250. The first-order valence-electron chi connectivity index (χ1n) is 6.54. The van der Waals surface area contributed by atoms with Gasteiger partial charge in [0.2, 0.25) is 0 Å². The minimum atomic E-state index is -0.563. The Labute approximate surface area is 122 Å². The van der Waals surface area contributed by atoms with Gasteiger partial charge in [0.25, 0.3) is 0 Å². The van der Waals surface area contributed by atoms with Gasteiger partial charge in [0.1, 0.15) is 11.6 Å². The summed E-state index contributed by atoms with van der Waals surface area (Å²) in [5, 5.41) is 0.0392. The summed E-state index contributed by atoms with van der Waals surface area (Å²) in [7, 11) is 0. The van der Waals surface area contributed by atoms with Crippen molar-refractivity contribution in [2.75, 3.05) is 0 Å². The quantitative estimate of drug-likeness (QED) is 0.819. The van der Waals surface area contributed by atoms with Gasteiger partial charge in [-0.05, 0) is 24.1 Å². The number of thioether (sulfide) groups is 1. The van der Waals surface area contributed by atoms with Crippen LogP contribution in [-0.4, -0.2) is 5.25 Å². The highest BCUT2D eigenvalue weighted by molar-refractivity contribution is 8.00. The average molecular weight is 293 g/mol. The molecular formula is C16H17F2NS. The zero-order valence-corrected chi connectivity index (χ0v) is 12.0. The Morgan fingerprint density at radius 2 is 1.80 bits per heavy atom. The van der Waals surface area contributed by atoms with Gasteiger partial charge in [0, 0.05) is 22.3 Å². The van der Waals surface area contributed by atoms with Crippen molar-refractivity contribution in [3.63, 3.8) is 0 Å². The van der Waals surface area contributed by atoms with E-state index in [9.17, 15) is 8.78 Å². The Balaban J connectivity index is 2.16. The van der Waals surface area contributed by atoms with E-state index in [-0.39, 0.29) is 11.3 Å². The number of nitrogens with two attached hydrogens (primary N) is 1. The van der Waals surface area contributed by atoms with Crippen LogP contribution in [-0.2, 0) is 0 Å². The van der Waals surface area contributed by atoms with Gasteiger partial charge in [0.15, 0.2) is 0 Å². The highest BCUT2D eigenvalue weighted by Crippen LogP contribution is 2.34. The van der Waals surface area contributed by atoms with Crippen LogP contribution in [0.1, 0.15) is 24.9 Å². The second-order valence-corrected chi connectivity index (χ2v) is 5.86. The van der Waals surface area contributed by atoms with Crippen LogP contribution >= 0.6 is 11.8 Å². The Hall–Kier alpha value is -1.39. The molecule has 0 heterocycles. The predicted octanol–water partition coefficient (Wildman–Crippen LogP) is 4.54. The maximum Gasteiger partial charge on any atom is 0.139 e. The molecule has 0 amide bonds. The van der Waals surface area contributed by atoms with Crippen molar-refractivity contribution in [2.24, 2.45) is 5.73 Å². The monoisotopic (exact) mass is 293 g/mol. The molecule has 0 saturated carbocycles. The second kappa shape index (κ2) is 6.86. The van der Waals surface area contributed by atoms with Gasteiger partial charge >= 0.3 is 0 Å². The van der Waals surface area contributed by atoms with E-state index in [1.807, 2.05) is 37.3 Å². The zero-order chi connectivity index (χ0) is 14.5. The first-order chi connectivity index (χ1) is 9.61. The number of hydrogen-bond acceptors (Lipinski definition) is 2. The van der Waals surface area contributed by atoms with Gasteiger partial charge in [-0.15, -0.1) is 11.8 Å². The number of hydrogen-bond donors (Lipinski definition) is 1. The largest absolute Gasteiger partial charge is 0.323 e. The van der Waals surface area contributed by atoms with Gasteiger partial charge in [-0.25, -0.2) is 8.78 Å². The smallest absolute Gasteiger partial charge is 0.139 e. The first kappa shape index (κ1) is 15.0. The summed E-state index contributed by atoms with van der Waals surface area (Å²) in [5.74, 6) is -1.10. The maximum absolute atomic E-state index is 13.7. The minimum absolute atomic E-state index is 0.0392. The Morgan fingerprint density at radius 3 is 2.40 bits per heavy atom. The molecule has 0 aliphatic carbocycles. The lowest BCUT2D eigenvalue weighted by atomic mass is 10.0. The molecule has 0 aromatic heterocycles. The lowest BCUT2D eigenvalue weighted by molar-refractivity contribution is 0.564. The van der Waals surface area contributed by atoms with Crippen LogP contribution in [0.4, 0.5) is 8.78 Å².